The molecular weight excluding hydrogens is 184 g/mol. The lowest BCUT2D eigenvalue weighted by Crippen LogP contribution is -2.31. The number of carbonyl (C=O) groups excluding carboxylic acids is 1. The SMILES string of the molecule is C=CCNC(=O)C(C)SCCCN. The molecule has 4 heteroatoms. The van der Waals surface area contributed by atoms with E-state index in [1.54, 1.807) is 17.8 Å². The highest BCUT2D eigenvalue weighted by Crippen LogP contribution is 2.10. The van der Waals surface area contributed by atoms with Crippen molar-refractivity contribution in [2.75, 3.05) is 18.8 Å². The number of hydrogen-bond acceptors (Lipinski definition) is 3. The van der Waals surface area contributed by atoms with Gasteiger partial charge in [-0.3, -0.25) is 4.79 Å². The Morgan fingerprint density at radius 1 is 1.77 bits per heavy atom. The van der Waals surface area contributed by atoms with Gasteiger partial charge in [-0.2, -0.15) is 0 Å². The van der Waals surface area contributed by atoms with Gasteiger partial charge in [-0.1, -0.05) is 6.08 Å². The zero-order valence-electron chi connectivity index (χ0n) is 8.08. The smallest absolute Gasteiger partial charge is 0.233 e. The topological polar surface area (TPSA) is 55.1 Å². The molecule has 13 heavy (non-hydrogen) atoms. The molecule has 0 saturated heterocycles. The average molecular weight is 202 g/mol. The lowest BCUT2D eigenvalue weighted by molar-refractivity contribution is -0.120. The van der Waals surface area contributed by atoms with Crippen molar-refractivity contribution < 1.29 is 4.79 Å². The summed E-state index contributed by atoms with van der Waals surface area (Å²) >= 11 is 1.63. The predicted molar refractivity (Wildman–Crippen MR) is 58.8 cm³/mol. The fourth-order valence-electron chi connectivity index (χ4n) is 0.736. The van der Waals surface area contributed by atoms with Gasteiger partial charge >= 0.3 is 0 Å². The Bertz CT molecular complexity index is 162. The third-order valence-electron chi connectivity index (χ3n) is 1.51. The normalized spacial score (nSPS) is 12.2. The number of hydrogen-bond donors (Lipinski definition) is 2. The molecule has 0 saturated carbocycles. The van der Waals surface area contributed by atoms with Gasteiger partial charge in [0.25, 0.3) is 0 Å². The van der Waals surface area contributed by atoms with Crippen molar-refractivity contribution in [1.82, 2.24) is 5.32 Å². The summed E-state index contributed by atoms with van der Waals surface area (Å²) in [6.07, 6.45) is 2.64. The van der Waals surface area contributed by atoms with Gasteiger partial charge in [0.15, 0.2) is 0 Å². The first-order chi connectivity index (χ1) is 6.22. The van der Waals surface area contributed by atoms with Crippen molar-refractivity contribution in [3.63, 3.8) is 0 Å². The van der Waals surface area contributed by atoms with E-state index in [4.69, 9.17) is 5.73 Å². The van der Waals surface area contributed by atoms with Gasteiger partial charge in [0.2, 0.25) is 5.91 Å². The van der Waals surface area contributed by atoms with Gasteiger partial charge in [0, 0.05) is 6.54 Å². The molecule has 0 radical (unpaired) electrons. The van der Waals surface area contributed by atoms with Crippen LogP contribution in [0.1, 0.15) is 13.3 Å². The number of rotatable bonds is 7. The predicted octanol–water partition coefficient (Wildman–Crippen LogP) is 0.759. The van der Waals surface area contributed by atoms with Crippen molar-refractivity contribution in [3.05, 3.63) is 12.7 Å². The van der Waals surface area contributed by atoms with Crippen molar-refractivity contribution in [3.8, 4) is 0 Å². The molecule has 0 aromatic rings. The molecule has 0 aliphatic heterocycles. The van der Waals surface area contributed by atoms with E-state index in [1.165, 1.54) is 0 Å². The summed E-state index contributed by atoms with van der Waals surface area (Å²) < 4.78 is 0. The lowest BCUT2D eigenvalue weighted by atomic mass is 10.4. The van der Waals surface area contributed by atoms with Gasteiger partial charge in [-0.15, -0.1) is 18.3 Å². The second kappa shape index (κ2) is 8.13. The maximum Gasteiger partial charge on any atom is 0.233 e. The van der Waals surface area contributed by atoms with E-state index in [9.17, 15) is 4.79 Å². The van der Waals surface area contributed by atoms with Crippen LogP contribution in [-0.4, -0.2) is 30.0 Å². The monoisotopic (exact) mass is 202 g/mol. The zero-order chi connectivity index (χ0) is 10.1. The van der Waals surface area contributed by atoms with E-state index in [2.05, 4.69) is 11.9 Å². The second-order valence-corrected chi connectivity index (χ2v) is 4.14. The Hall–Kier alpha value is -0.480. The molecule has 0 fully saturated rings. The molecule has 0 rings (SSSR count). The first-order valence-corrected chi connectivity index (χ1v) is 5.47. The molecule has 1 atom stereocenters. The first kappa shape index (κ1) is 12.5. The van der Waals surface area contributed by atoms with Crippen LogP contribution in [0.25, 0.3) is 0 Å². The number of nitrogens with two attached hydrogens (primary N) is 1. The summed E-state index contributed by atoms with van der Waals surface area (Å²) in [6.45, 7) is 6.66. The van der Waals surface area contributed by atoms with Crippen molar-refractivity contribution >= 4 is 17.7 Å². The fourth-order valence-corrected chi connectivity index (χ4v) is 1.66. The van der Waals surface area contributed by atoms with Crippen molar-refractivity contribution in [2.45, 2.75) is 18.6 Å². The molecule has 0 aliphatic carbocycles. The van der Waals surface area contributed by atoms with E-state index in [-0.39, 0.29) is 11.2 Å². The highest BCUT2D eigenvalue weighted by atomic mass is 32.2. The lowest BCUT2D eigenvalue weighted by Gasteiger charge is -2.09. The number of nitrogens with one attached hydrogen (secondary N) is 1. The van der Waals surface area contributed by atoms with E-state index in [0.29, 0.717) is 13.1 Å². The van der Waals surface area contributed by atoms with E-state index < -0.39 is 0 Å². The molecular formula is C9H18N2OS. The van der Waals surface area contributed by atoms with Crippen LogP contribution in [0.4, 0.5) is 0 Å². The first-order valence-electron chi connectivity index (χ1n) is 4.42. The molecule has 3 nitrogen and oxygen atoms in total. The Balaban J connectivity index is 3.50. The maximum absolute atomic E-state index is 11.3. The van der Waals surface area contributed by atoms with Crippen LogP contribution in [0.5, 0.6) is 0 Å². The summed E-state index contributed by atoms with van der Waals surface area (Å²) in [7, 11) is 0. The summed E-state index contributed by atoms with van der Waals surface area (Å²) in [6, 6.07) is 0. The third-order valence-corrected chi connectivity index (χ3v) is 2.74. The maximum atomic E-state index is 11.3. The molecule has 0 aromatic carbocycles. The van der Waals surface area contributed by atoms with E-state index in [0.717, 1.165) is 12.2 Å². The zero-order valence-corrected chi connectivity index (χ0v) is 8.90. The molecule has 0 aliphatic rings. The van der Waals surface area contributed by atoms with Gasteiger partial charge in [0.1, 0.15) is 0 Å². The van der Waals surface area contributed by atoms with Crippen molar-refractivity contribution in [2.24, 2.45) is 5.73 Å². The summed E-state index contributed by atoms with van der Waals surface area (Å²) in [5.41, 5.74) is 5.34. The minimum Gasteiger partial charge on any atom is -0.352 e. The standard InChI is InChI=1S/C9H18N2OS/c1-3-6-11-9(12)8(2)13-7-4-5-10/h3,8H,1,4-7,10H2,2H3,(H,11,12). The highest BCUT2D eigenvalue weighted by molar-refractivity contribution is 8.00. The van der Waals surface area contributed by atoms with Gasteiger partial charge in [0.05, 0.1) is 5.25 Å². The Morgan fingerprint density at radius 2 is 2.46 bits per heavy atom. The Morgan fingerprint density at radius 3 is 3.00 bits per heavy atom. The molecule has 0 aromatic heterocycles. The summed E-state index contributed by atoms with van der Waals surface area (Å²) in [4.78, 5) is 11.3. The molecule has 3 N–H and O–H groups in total. The van der Waals surface area contributed by atoms with Crippen LogP contribution in [0, 0.1) is 0 Å². The molecule has 0 bridgehead atoms. The Labute approximate surface area is 84.1 Å². The minimum atomic E-state index is 0.00602. The number of thioether (sulfide) groups is 1. The second-order valence-electron chi connectivity index (χ2n) is 2.69. The van der Waals surface area contributed by atoms with Crippen LogP contribution >= 0.6 is 11.8 Å². The van der Waals surface area contributed by atoms with Crippen molar-refractivity contribution in [1.29, 1.82) is 0 Å². The highest BCUT2D eigenvalue weighted by Gasteiger charge is 2.10. The summed E-state index contributed by atoms with van der Waals surface area (Å²) in [5, 5.41) is 2.76. The molecule has 76 valence electrons. The van der Waals surface area contributed by atoms with Gasteiger partial charge in [-0.25, -0.2) is 0 Å². The largest absolute Gasteiger partial charge is 0.352 e. The summed E-state index contributed by atoms with van der Waals surface area (Å²) in [5.74, 6) is 1.01. The van der Waals surface area contributed by atoms with Gasteiger partial charge < -0.3 is 11.1 Å². The van der Waals surface area contributed by atoms with Crippen LogP contribution in [0.3, 0.4) is 0 Å². The minimum absolute atomic E-state index is 0.00602. The Kier molecular flexibility index (Phi) is 7.83. The van der Waals surface area contributed by atoms with Crippen LogP contribution in [0.15, 0.2) is 12.7 Å². The van der Waals surface area contributed by atoms with E-state index >= 15 is 0 Å². The molecule has 1 amide bonds. The third kappa shape index (κ3) is 6.66. The fraction of sp³-hybridized carbons (Fsp3) is 0.667. The average Bonchev–Trinajstić information content (AvgIpc) is 2.14. The van der Waals surface area contributed by atoms with Crippen LogP contribution in [0.2, 0.25) is 0 Å². The van der Waals surface area contributed by atoms with Gasteiger partial charge in [-0.05, 0) is 25.6 Å². The molecule has 0 spiro atoms. The molecule has 0 heterocycles. The quantitative estimate of drug-likeness (QED) is 0.473. The van der Waals surface area contributed by atoms with Crippen LogP contribution < -0.4 is 11.1 Å². The van der Waals surface area contributed by atoms with Crippen LogP contribution in [-0.2, 0) is 4.79 Å². The number of amides is 1. The molecule has 1 unspecified atom stereocenters. The van der Waals surface area contributed by atoms with E-state index in [1.807, 2.05) is 6.92 Å². The number of carbonyl (C=O) groups is 1.